The fraction of sp³-hybridized carbons (Fsp3) is 0.308. The molecule has 0 spiro atoms. The third kappa shape index (κ3) is 2.31. The maximum Gasteiger partial charge on any atom is 0.0945 e. The molecule has 1 aliphatic rings. The number of anilines is 1. The SMILES string of the molecule is c1ccc2c(c1)SCN2CCCn1ccnc1. The van der Waals surface area contributed by atoms with Crippen LogP contribution in [0.4, 0.5) is 5.69 Å². The van der Waals surface area contributed by atoms with Crippen molar-refractivity contribution in [2.24, 2.45) is 0 Å². The van der Waals surface area contributed by atoms with Gasteiger partial charge in [-0.25, -0.2) is 4.98 Å². The Morgan fingerprint density at radius 3 is 3.06 bits per heavy atom. The second-order valence-electron chi connectivity index (χ2n) is 4.16. The van der Waals surface area contributed by atoms with Crippen molar-refractivity contribution < 1.29 is 0 Å². The first-order chi connectivity index (χ1) is 8.43. The lowest BCUT2D eigenvalue weighted by atomic mass is 10.3. The lowest BCUT2D eigenvalue weighted by molar-refractivity contribution is 0.636. The summed E-state index contributed by atoms with van der Waals surface area (Å²) in [6.07, 6.45) is 6.89. The molecule has 3 rings (SSSR count). The topological polar surface area (TPSA) is 21.1 Å². The summed E-state index contributed by atoms with van der Waals surface area (Å²) in [4.78, 5) is 7.92. The molecule has 3 nitrogen and oxygen atoms in total. The zero-order chi connectivity index (χ0) is 11.5. The van der Waals surface area contributed by atoms with E-state index in [-0.39, 0.29) is 0 Å². The van der Waals surface area contributed by atoms with Gasteiger partial charge in [0.25, 0.3) is 0 Å². The average Bonchev–Trinajstić information content (AvgIpc) is 2.99. The summed E-state index contributed by atoms with van der Waals surface area (Å²) in [7, 11) is 0. The molecule has 17 heavy (non-hydrogen) atoms. The van der Waals surface area contributed by atoms with Crippen molar-refractivity contribution in [2.45, 2.75) is 17.9 Å². The Labute approximate surface area is 105 Å². The molecule has 0 atom stereocenters. The van der Waals surface area contributed by atoms with E-state index in [4.69, 9.17) is 0 Å². The average molecular weight is 245 g/mol. The van der Waals surface area contributed by atoms with Gasteiger partial charge in [0.05, 0.1) is 17.9 Å². The Balaban J connectivity index is 1.57. The molecule has 0 aliphatic carbocycles. The molecule has 1 aromatic carbocycles. The Kier molecular flexibility index (Phi) is 3.05. The van der Waals surface area contributed by atoms with Gasteiger partial charge in [-0.15, -0.1) is 11.8 Å². The number of aromatic nitrogens is 2. The van der Waals surface area contributed by atoms with Gasteiger partial charge in [0.2, 0.25) is 0 Å². The number of nitrogens with zero attached hydrogens (tertiary/aromatic N) is 3. The predicted octanol–water partition coefficient (Wildman–Crippen LogP) is 2.84. The summed E-state index contributed by atoms with van der Waals surface area (Å²) < 4.78 is 2.13. The van der Waals surface area contributed by atoms with Crippen LogP contribution in [-0.4, -0.2) is 22.0 Å². The van der Waals surface area contributed by atoms with Gasteiger partial charge in [-0.05, 0) is 18.6 Å². The molecule has 0 radical (unpaired) electrons. The molecule has 1 aliphatic heterocycles. The molecule has 88 valence electrons. The van der Waals surface area contributed by atoms with Crippen molar-refractivity contribution in [3.63, 3.8) is 0 Å². The van der Waals surface area contributed by atoms with Crippen LogP contribution in [0.3, 0.4) is 0 Å². The minimum Gasteiger partial charge on any atom is -0.361 e. The van der Waals surface area contributed by atoms with Crippen molar-refractivity contribution in [2.75, 3.05) is 17.3 Å². The smallest absolute Gasteiger partial charge is 0.0945 e. The molecule has 4 heteroatoms. The minimum absolute atomic E-state index is 1.04. The summed E-state index contributed by atoms with van der Waals surface area (Å²) in [5.41, 5.74) is 1.39. The lowest BCUT2D eigenvalue weighted by Crippen LogP contribution is -2.21. The van der Waals surface area contributed by atoms with E-state index in [0.29, 0.717) is 0 Å². The highest BCUT2D eigenvalue weighted by Crippen LogP contribution is 2.37. The van der Waals surface area contributed by atoms with Crippen molar-refractivity contribution in [3.05, 3.63) is 43.0 Å². The highest BCUT2D eigenvalue weighted by Gasteiger charge is 2.17. The van der Waals surface area contributed by atoms with E-state index in [1.54, 1.807) is 0 Å². The van der Waals surface area contributed by atoms with Crippen LogP contribution in [0.25, 0.3) is 0 Å². The number of hydrogen-bond acceptors (Lipinski definition) is 3. The van der Waals surface area contributed by atoms with Crippen molar-refractivity contribution in [1.82, 2.24) is 9.55 Å². The number of aryl methyl sites for hydroxylation is 1. The molecule has 2 heterocycles. The van der Waals surface area contributed by atoms with Gasteiger partial charge >= 0.3 is 0 Å². The van der Waals surface area contributed by atoms with E-state index in [2.05, 4.69) is 38.7 Å². The monoisotopic (exact) mass is 245 g/mol. The zero-order valence-corrected chi connectivity index (χ0v) is 10.4. The van der Waals surface area contributed by atoms with E-state index in [1.807, 2.05) is 30.5 Å². The number of rotatable bonds is 4. The molecule has 1 aromatic heterocycles. The Bertz CT molecular complexity index is 481. The molecule has 0 N–H and O–H groups in total. The van der Waals surface area contributed by atoms with E-state index in [1.165, 1.54) is 10.6 Å². The van der Waals surface area contributed by atoms with Crippen LogP contribution in [0.15, 0.2) is 47.9 Å². The van der Waals surface area contributed by atoms with Crippen LogP contribution in [-0.2, 0) is 6.54 Å². The summed E-state index contributed by atoms with van der Waals surface area (Å²) in [6.45, 7) is 2.16. The van der Waals surface area contributed by atoms with Gasteiger partial charge in [-0.3, -0.25) is 0 Å². The van der Waals surface area contributed by atoms with Crippen LogP contribution in [0.5, 0.6) is 0 Å². The summed E-state index contributed by atoms with van der Waals surface area (Å²) >= 11 is 1.93. The first-order valence-electron chi connectivity index (χ1n) is 5.86. The lowest BCUT2D eigenvalue weighted by Gasteiger charge is -2.18. The zero-order valence-electron chi connectivity index (χ0n) is 9.62. The first-order valence-corrected chi connectivity index (χ1v) is 6.84. The van der Waals surface area contributed by atoms with Gasteiger partial charge in [0.1, 0.15) is 0 Å². The first kappa shape index (κ1) is 10.7. The number of imidazole rings is 1. The van der Waals surface area contributed by atoms with Gasteiger partial charge < -0.3 is 9.47 Å². The van der Waals surface area contributed by atoms with Gasteiger partial charge in [-0.1, -0.05) is 12.1 Å². The third-order valence-electron chi connectivity index (χ3n) is 2.99. The maximum absolute atomic E-state index is 4.05. The third-order valence-corrected chi connectivity index (χ3v) is 4.08. The second-order valence-corrected chi connectivity index (χ2v) is 5.15. The van der Waals surface area contributed by atoms with Gasteiger partial charge in [0.15, 0.2) is 0 Å². The molecule has 0 unspecified atom stereocenters. The number of para-hydroxylation sites is 1. The molecule has 0 saturated carbocycles. The minimum atomic E-state index is 1.04. The molecule has 2 aromatic rings. The van der Waals surface area contributed by atoms with Crippen LogP contribution < -0.4 is 4.90 Å². The standard InChI is InChI=1S/C13H15N3S/c1-2-5-13-12(4-1)16(11-17-13)8-3-7-15-9-6-14-10-15/h1-2,4-6,9-10H,3,7-8,11H2. The fourth-order valence-electron chi connectivity index (χ4n) is 2.11. The summed E-state index contributed by atoms with van der Waals surface area (Å²) in [5, 5.41) is 0. The molecule has 0 bridgehead atoms. The summed E-state index contributed by atoms with van der Waals surface area (Å²) in [5.74, 6) is 1.09. The van der Waals surface area contributed by atoms with E-state index in [0.717, 1.165) is 25.4 Å². The van der Waals surface area contributed by atoms with Gasteiger partial charge in [-0.2, -0.15) is 0 Å². The highest BCUT2D eigenvalue weighted by molar-refractivity contribution is 7.99. The van der Waals surface area contributed by atoms with Crippen molar-refractivity contribution >= 4 is 17.4 Å². The number of thioether (sulfide) groups is 1. The molecule has 0 fully saturated rings. The quantitative estimate of drug-likeness (QED) is 0.826. The Hall–Kier alpha value is -1.42. The predicted molar refractivity (Wildman–Crippen MR) is 71.4 cm³/mol. The molecular formula is C13H15N3S. The van der Waals surface area contributed by atoms with Crippen LogP contribution >= 0.6 is 11.8 Å². The fourth-order valence-corrected chi connectivity index (χ4v) is 3.19. The second kappa shape index (κ2) is 4.84. The van der Waals surface area contributed by atoms with Gasteiger partial charge in [0, 0.05) is 30.4 Å². The molecular weight excluding hydrogens is 230 g/mol. The number of benzene rings is 1. The number of hydrogen-bond donors (Lipinski definition) is 0. The molecule has 0 amide bonds. The van der Waals surface area contributed by atoms with E-state index in [9.17, 15) is 0 Å². The van der Waals surface area contributed by atoms with Crippen LogP contribution in [0, 0.1) is 0 Å². The van der Waals surface area contributed by atoms with Crippen LogP contribution in [0.1, 0.15) is 6.42 Å². The van der Waals surface area contributed by atoms with Crippen LogP contribution in [0.2, 0.25) is 0 Å². The Morgan fingerprint density at radius 1 is 1.24 bits per heavy atom. The van der Waals surface area contributed by atoms with Crippen molar-refractivity contribution in [3.8, 4) is 0 Å². The van der Waals surface area contributed by atoms with E-state index < -0.39 is 0 Å². The number of fused-ring (bicyclic) bond motifs is 1. The van der Waals surface area contributed by atoms with Crippen molar-refractivity contribution in [1.29, 1.82) is 0 Å². The summed E-state index contributed by atoms with van der Waals surface area (Å²) in [6, 6.07) is 8.65. The van der Waals surface area contributed by atoms with E-state index >= 15 is 0 Å². The maximum atomic E-state index is 4.05. The highest BCUT2D eigenvalue weighted by atomic mass is 32.2. The Morgan fingerprint density at radius 2 is 2.18 bits per heavy atom. The normalized spacial score (nSPS) is 14.0. The largest absolute Gasteiger partial charge is 0.361 e. The molecule has 0 saturated heterocycles.